The molecule has 1 aliphatic carbocycles. The van der Waals surface area contributed by atoms with E-state index >= 15 is 0 Å². The molecule has 7 nitrogen and oxygen atoms in total. The Morgan fingerprint density at radius 3 is 2.58 bits per heavy atom. The van der Waals surface area contributed by atoms with E-state index in [1.54, 1.807) is 18.3 Å². The van der Waals surface area contributed by atoms with Crippen LogP contribution in [-0.4, -0.2) is 57.9 Å². The predicted molar refractivity (Wildman–Crippen MR) is 110 cm³/mol. The molecule has 1 saturated carbocycles. The maximum absolute atomic E-state index is 14.0. The second-order valence-electron chi connectivity index (χ2n) is 8.82. The summed E-state index contributed by atoms with van der Waals surface area (Å²) in [5, 5.41) is 17.0. The molecule has 164 valence electrons. The van der Waals surface area contributed by atoms with Gasteiger partial charge in [0.1, 0.15) is 5.82 Å². The molecule has 0 amide bonds. The molecule has 9 heteroatoms. The van der Waals surface area contributed by atoms with E-state index in [0.29, 0.717) is 29.7 Å². The minimum atomic E-state index is -2.63. The van der Waals surface area contributed by atoms with Crippen LogP contribution < -0.4 is 5.32 Å². The Hall–Kier alpha value is -2.57. The summed E-state index contributed by atoms with van der Waals surface area (Å²) in [4.78, 5) is 6.72. The predicted octanol–water partition coefficient (Wildman–Crippen LogP) is 3.83. The van der Waals surface area contributed by atoms with Gasteiger partial charge in [0.15, 0.2) is 5.82 Å². The van der Waals surface area contributed by atoms with Crippen LogP contribution in [0.25, 0.3) is 0 Å². The topological polar surface area (TPSA) is 79.0 Å². The Bertz CT molecular complexity index is 975. The molecule has 2 aromatic rings. The second-order valence-corrected chi connectivity index (χ2v) is 8.82. The van der Waals surface area contributed by atoms with Crippen molar-refractivity contribution in [3.8, 4) is 6.07 Å². The van der Waals surface area contributed by atoms with Crippen molar-refractivity contribution in [2.24, 2.45) is 0 Å². The molecule has 3 aliphatic rings. The zero-order chi connectivity index (χ0) is 21.4. The fourth-order valence-corrected chi connectivity index (χ4v) is 4.90. The number of nitrogens with zero attached hydrogens (tertiary/aromatic N) is 5. The normalized spacial score (nSPS) is 24.6. The van der Waals surface area contributed by atoms with Crippen LogP contribution in [-0.2, 0) is 4.74 Å². The van der Waals surface area contributed by atoms with Crippen LogP contribution in [0.2, 0.25) is 0 Å². The highest BCUT2D eigenvalue weighted by atomic mass is 19.3. The van der Waals surface area contributed by atoms with Gasteiger partial charge in [-0.15, -0.1) is 0 Å². The second kappa shape index (κ2) is 8.17. The van der Waals surface area contributed by atoms with E-state index in [4.69, 9.17) is 10.00 Å². The Labute approximate surface area is 180 Å². The molecule has 5 rings (SSSR count). The summed E-state index contributed by atoms with van der Waals surface area (Å²) in [6, 6.07) is 7.59. The van der Waals surface area contributed by atoms with Gasteiger partial charge in [0.05, 0.1) is 36.9 Å². The van der Waals surface area contributed by atoms with Gasteiger partial charge >= 0.3 is 0 Å². The number of nitrogens with one attached hydrogen (secondary N) is 1. The van der Waals surface area contributed by atoms with Crippen molar-refractivity contribution >= 4 is 11.6 Å². The molecule has 0 aromatic carbocycles. The van der Waals surface area contributed by atoms with Crippen molar-refractivity contribution in [1.29, 1.82) is 5.26 Å². The zero-order valence-corrected chi connectivity index (χ0v) is 17.3. The van der Waals surface area contributed by atoms with Gasteiger partial charge < -0.3 is 10.1 Å². The van der Waals surface area contributed by atoms with E-state index in [1.807, 2.05) is 10.7 Å². The van der Waals surface area contributed by atoms with Gasteiger partial charge in [-0.3, -0.25) is 9.58 Å². The minimum Gasteiger partial charge on any atom is -0.378 e. The highest BCUT2D eigenvalue weighted by Gasteiger charge is 2.42. The number of anilines is 2. The summed E-state index contributed by atoms with van der Waals surface area (Å²) in [5.41, 5.74) is 1.52. The summed E-state index contributed by atoms with van der Waals surface area (Å²) in [5.74, 6) is -1.24. The third kappa shape index (κ3) is 4.27. The molecule has 3 fully saturated rings. The van der Waals surface area contributed by atoms with Crippen LogP contribution in [0.15, 0.2) is 24.4 Å². The molecule has 1 N–H and O–H groups in total. The highest BCUT2D eigenvalue weighted by Crippen LogP contribution is 2.44. The third-order valence-corrected chi connectivity index (χ3v) is 6.72. The van der Waals surface area contributed by atoms with Crippen LogP contribution in [0.3, 0.4) is 0 Å². The van der Waals surface area contributed by atoms with Crippen molar-refractivity contribution in [2.45, 2.75) is 56.0 Å². The molecule has 4 heterocycles. The number of hydrogen-bond acceptors (Lipinski definition) is 6. The fraction of sp³-hybridized carbons (Fsp3) is 0.591. The lowest BCUT2D eigenvalue weighted by atomic mass is 9.92. The quantitative estimate of drug-likeness (QED) is 0.780. The molecular weight excluding hydrogens is 402 g/mol. The molecule has 2 aliphatic heterocycles. The average Bonchev–Trinajstić information content (AvgIpc) is 3.30. The van der Waals surface area contributed by atoms with E-state index in [2.05, 4.69) is 26.4 Å². The minimum absolute atomic E-state index is 0.0916. The van der Waals surface area contributed by atoms with Gasteiger partial charge in [-0.1, -0.05) is 0 Å². The fourth-order valence-electron chi connectivity index (χ4n) is 4.90. The maximum Gasteiger partial charge on any atom is 0.250 e. The monoisotopic (exact) mass is 428 g/mol. The smallest absolute Gasteiger partial charge is 0.250 e. The van der Waals surface area contributed by atoms with Crippen LogP contribution in [0.5, 0.6) is 0 Å². The number of rotatable bonds is 5. The lowest BCUT2D eigenvalue weighted by molar-refractivity contribution is -0.0714. The molecule has 1 unspecified atom stereocenters. The van der Waals surface area contributed by atoms with E-state index in [1.165, 1.54) is 0 Å². The first-order chi connectivity index (χ1) is 15.0. The lowest BCUT2D eigenvalue weighted by Crippen LogP contribution is -2.51. The van der Waals surface area contributed by atoms with Gasteiger partial charge in [0.2, 0.25) is 5.92 Å². The SMILES string of the molecule is N#Cc1ccnc(Nc2cc(C3CCN(C4COC4)CC3)n(C3CCC(F)(F)C3)n2)c1. The molecule has 0 radical (unpaired) electrons. The van der Waals surface area contributed by atoms with Crippen LogP contribution in [0, 0.1) is 11.3 Å². The number of halogens is 2. The van der Waals surface area contributed by atoms with Gasteiger partial charge in [0.25, 0.3) is 0 Å². The first-order valence-corrected chi connectivity index (χ1v) is 10.9. The molecule has 0 spiro atoms. The lowest BCUT2D eigenvalue weighted by Gasteiger charge is -2.41. The summed E-state index contributed by atoms with van der Waals surface area (Å²) >= 11 is 0. The van der Waals surface area contributed by atoms with Gasteiger partial charge in [0, 0.05) is 36.7 Å². The van der Waals surface area contributed by atoms with Gasteiger partial charge in [-0.25, -0.2) is 13.8 Å². The Balaban J connectivity index is 1.38. The standard InChI is InChI=1S/C22H26F2N6O/c23-22(24)5-1-17(11-22)30-19(16-3-7-29(8-4-16)18-13-31-14-18)10-21(28-30)27-20-9-15(12-25)2-6-26-20/h2,6,9-10,16-18H,1,3-5,7-8,11,13-14H2,(H,26,27,28). The molecule has 2 saturated heterocycles. The van der Waals surface area contributed by atoms with E-state index in [-0.39, 0.29) is 24.8 Å². The third-order valence-electron chi connectivity index (χ3n) is 6.72. The van der Waals surface area contributed by atoms with Crippen molar-refractivity contribution in [2.75, 3.05) is 31.6 Å². The Morgan fingerprint density at radius 2 is 1.94 bits per heavy atom. The highest BCUT2D eigenvalue weighted by molar-refractivity contribution is 5.54. The largest absolute Gasteiger partial charge is 0.378 e. The number of aromatic nitrogens is 3. The van der Waals surface area contributed by atoms with Crippen molar-refractivity contribution in [3.05, 3.63) is 35.7 Å². The number of likely N-dealkylation sites (tertiary alicyclic amines) is 1. The number of hydrogen-bond donors (Lipinski definition) is 1. The molecule has 0 bridgehead atoms. The van der Waals surface area contributed by atoms with Crippen LogP contribution >= 0.6 is 0 Å². The van der Waals surface area contributed by atoms with Crippen molar-refractivity contribution < 1.29 is 13.5 Å². The molecule has 2 aromatic heterocycles. The first kappa shape index (κ1) is 20.3. The summed E-state index contributed by atoms with van der Waals surface area (Å²) in [6.45, 7) is 3.59. The van der Waals surface area contributed by atoms with E-state index < -0.39 is 5.92 Å². The number of alkyl halides is 2. The summed E-state index contributed by atoms with van der Waals surface area (Å²) in [7, 11) is 0. The number of pyridine rings is 1. The van der Waals surface area contributed by atoms with Crippen LogP contribution in [0.4, 0.5) is 20.4 Å². The van der Waals surface area contributed by atoms with Crippen molar-refractivity contribution in [3.63, 3.8) is 0 Å². The molecule has 31 heavy (non-hydrogen) atoms. The Kier molecular flexibility index (Phi) is 5.36. The zero-order valence-electron chi connectivity index (χ0n) is 17.3. The van der Waals surface area contributed by atoms with Crippen molar-refractivity contribution in [1.82, 2.24) is 19.7 Å². The Morgan fingerprint density at radius 1 is 1.13 bits per heavy atom. The molecular formula is C22H26F2N6O. The average molecular weight is 428 g/mol. The number of nitriles is 1. The number of ether oxygens (including phenoxy) is 1. The van der Waals surface area contributed by atoms with E-state index in [9.17, 15) is 8.78 Å². The molecule has 1 atom stereocenters. The number of piperidine rings is 1. The van der Waals surface area contributed by atoms with E-state index in [0.717, 1.165) is 44.8 Å². The first-order valence-electron chi connectivity index (χ1n) is 10.9. The maximum atomic E-state index is 14.0. The van der Waals surface area contributed by atoms with Gasteiger partial charge in [-0.2, -0.15) is 10.4 Å². The van der Waals surface area contributed by atoms with Gasteiger partial charge in [-0.05, 0) is 44.5 Å². The summed E-state index contributed by atoms with van der Waals surface area (Å²) < 4.78 is 35.1. The summed E-state index contributed by atoms with van der Waals surface area (Å²) in [6.07, 6.45) is 3.70. The van der Waals surface area contributed by atoms with Crippen LogP contribution in [0.1, 0.15) is 55.3 Å².